The van der Waals surface area contributed by atoms with Gasteiger partial charge in [0.05, 0.1) is 11.7 Å². The van der Waals surface area contributed by atoms with Crippen LogP contribution in [0.1, 0.15) is 22.7 Å². The van der Waals surface area contributed by atoms with Gasteiger partial charge in [0.25, 0.3) is 0 Å². The minimum Gasteiger partial charge on any atom is -0.302 e. The zero-order chi connectivity index (χ0) is 15.8. The van der Waals surface area contributed by atoms with E-state index in [2.05, 4.69) is 15.3 Å². The zero-order valence-electron chi connectivity index (χ0n) is 12.1. The molecule has 0 unspecified atom stereocenters. The second-order valence-electron chi connectivity index (χ2n) is 5.46. The fourth-order valence-electron chi connectivity index (χ4n) is 3.03. The van der Waals surface area contributed by atoms with Gasteiger partial charge >= 0.3 is 0 Å². The van der Waals surface area contributed by atoms with Crippen molar-refractivity contribution >= 4 is 23.2 Å². The molecular weight excluding hydrogens is 329 g/mol. The van der Waals surface area contributed by atoms with E-state index in [1.165, 1.54) is 0 Å². The van der Waals surface area contributed by atoms with Gasteiger partial charge in [0.15, 0.2) is 0 Å². The average molecular weight is 342 g/mol. The normalized spacial score (nSPS) is 16.3. The van der Waals surface area contributed by atoms with E-state index >= 15 is 0 Å². The summed E-state index contributed by atoms with van der Waals surface area (Å²) in [7, 11) is 0. The maximum Gasteiger partial charge on any atom is 0.116 e. The van der Waals surface area contributed by atoms with Crippen molar-refractivity contribution < 1.29 is 0 Å². The molecule has 23 heavy (non-hydrogen) atoms. The molecule has 0 fully saturated rings. The van der Waals surface area contributed by atoms with Crippen LogP contribution in [0, 0.1) is 0 Å². The van der Waals surface area contributed by atoms with Gasteiger partial charge in [0.2, 0.25) is 0 Å². The molecule has 2 aromatic carbocycles. The fraction of sp³-hybridized carbons (Fsp3) is 0.111. The van der Waals surface area contributed by atoms with E-state index in [1.54, 1.807) is 6.33 Å². The number of hydrogen-bond acceptors (Lipinski definition) is 3. The Morgan fingerprint density at radius 2 is 1.91 bits per heavy atom. The van der Waals surface area contributed by atoms with Gasteiger partial charge in [0, 0.05) is 33.9 Å². The predicted octanol–water partition coefficient (Wildman–Crippen LogP) is 4.64. The van der Waals surface area contributed by atoms with Crippen molar-refractivity contribution in [2.24, 2.45) is 0 Å². The van der Waals surface area contributed by atoms with Crippen molar-refractivity contribution in [1.82, 2.24) is 15.3 Å². The molecule has 4 rings (SSSR count). The molecule has 0 saturated carbocycles. The summed E-state index contributed by atoms with van der Waals surface area (Å²) in [6.45, 7) is 0.665. The molecule has 0 aliphatic carbocycles. The van der Waals surface area contributed by atoms with Gasteiger partial charge in [-0.25, -0.2) is 9.97 Å². The predicted molar refractivity (Wildman–Crippen MR) is 92.6 cm³/mol. The molecule has 2 heterocycles. The van der Waals surface area contributed by atoms with E-state index in [1.807, 2.05) is 48.7 Å². The number of fused-ring (bicyclic) bond motifs is 3. The Hall–Kier alpha value is -1.94. The zero-order valence-corrected chi connectivity index (χ0v) is 13.6. The molecule has 0 radical (unpaired) electrons. The van der Waals surface area contributed by atoms with Crippen LogP contribution in [0.3, 0.4) is 0 Å². The summed E-state index contributed by atoms with van der Waals surface area (Å²) in [5, 5.41) is 4.98. The second-order valence-corrected chi connectivity index (χ2v) is 6.31. The molecule has 1 atom stereocenters. The molecule has 0 saturated heterocycles. The third-order valence-corrected chi connectivity index (χ3v) is 4.66. The highest BCUT2D eigenvalue weighted by Crippen LogP contribution is 2.38. The van der Waals surface area contributed by atoms with Crippen molar-refractivity contribution in [3.63, 3.8) is 0 Å². The molecule has 1 aromatic heterocycles. The highest BCUT2D eigenvalue weighted by molar-refractivity contribution is 6.31. The second kappa shape index (κ2) is 5.93. The Bertz CT molecular complexity index is 880. The van der Waals surface area contributed by atoms with Crippen LogP contribution in [0.25, 0.3) is 11.3 Å². The number of nitrogens with zero attached hydrogens (tertiary/aromatic N) is 2. The summed E-state index contributed by atoms with van der Waals surface area (Å²) in [6, 6.07) is 13.7. The summed E-state index contributed by atoms with van der Waals surface area (Å²) < 4.78 is 0. The largest absolute Gasteiger partial charge is 0.302 e. The van der Waals surface area contributed by atoms with Gasteiger partial charge < -0.3 is 5.32 Å². The average Bonchev–Trinajstić information content (AvgIpc) is 2.72. The van der Waals surface area contributed by atoms with Gasteiger partial charge in [-0.1, -0.05) is 47.5 Å². The van der Waals surface area contributed by atoms with Crippen LogP contribution in [0.4, 0.5) is 0 Å². The third-order valence-electron chi connectivity index (χ3n) is 4.08. The SMILES string of the molecule is Clc1ccc2c(c1)[C@H](c1ccccc1Cl)NCc1cncnc1-2. The van der Waals surface area contributed by atoms with Gasteiger partial charge in [-0.2, -0.15) is 0 Å². The number of benzene rings is 2. The van der Waals surface area contributed by atoms with E-state index in [0.717, 1.165) is 33.0 Å². The number of aromatic nitrogens is 2. The Labute approximate surface area is 144 Å². The molecule has 114 valence electrons. The van der Waals surface area contributed by atoms with Crippen molar-refractivity contribution in [1.29, 1.82) is 0 Å². The molecule has 0 amide bonds. The number of hydrogen-bond donors (Lipinski definition) is 1. The molecule has 1 N–H and O–H groups in total. The third kappa shape index (κ3) is 2.61. The first kappa shape index (κ1) is 14.6. The Morgan fingerprint density at radius 1 is 1.04 bits per heavy atom. The minimum absolute atomic E-state index is 0.0494. The summed E-state index contributed by atoms with van der Waals surface area (Å²) in [5.41, 5.74) is 5.16. The van der Waals surface area contributed by atoms with Gasteiger partial charge in [-0.15, -0.1) is 0 Å². The molecular formula is C18H13Cl2N3. The van der Waals surface area contributed by atoms with E-state index in [-0.39, 0.29) is 6.04 Å². The number of halogens is 2. The molecule has 3 aromatic rings. The van der Waals surface area contributed by atoms with E-state index in [0.29, 0.717) is 11.6 Å². The van der Waals surface area contributed by atoms with Crippen LogP contribution in [0.2, 0.25) is 10.0 Å². The molecule has 0 bridgehead atoms. The van der Waals surface area contributed by atoms with Crippen LogP contribution >= 0.6 is 23.2 Å². The lowest BCUT2D eigenvalue weighted by Crippen LogP contribution is -2.21. The summed E-state index contributed by atoms with van der Waals surface area (Å²) in [4.78, 5) is 8.62. The van der Waals surface area contributed by atoms with Gasteiger partial charge in [-0.05, 0) is 29.3 Å². The summed E-state index contributed by atoms with van der Waals surface area (Å²) in [6.07, 6.45) is 3.43. The smallest absolute Gasteiger partial charge is 0.116 e. The van der Waals surface area contributed by atoms with E-state index in [4.69, 9.17) is 23.2 Å². The first-order valence-electron chi connectivity index (χ1n) is 7.30. The molecule has 0 spiro atoms. The van der Waals surface area contributed by atoms with Crippen LogP contribution in [0.15, 0.2) is 55.0 Å². The van der Waals surface area contributed by atoms with Crippen molar-refractivity contribution in [3.05, 3.63) is 81.7 Å². The fourth-order valence-corrected chi connectivity index (χ4v) is 3.45. The summed E-state index contributed by atoms with van der Waals surface area (Å²) >= 11 is 12.7. The number of rotatable bonds is 1. The maximum atomic E-state index is 6.43. The quantitative estimate of drug-likeness (QED) is 0.700. The standard InChI is InChI=1S/C18H13Cl2N3/c19-12-5-6-13-15(7-12)18(14-3-1-2-4-16(14)20)22-9-11-8-21-10-23-17(11)13/h1-8,10,18,22H,9H2/t18-/m0/s1. The van der Waals surface area contributed by atoms with Crippen LogP contribution in [-0.4, -0.2) is 9.97 Å². The van der Waals surface area contributed by atoms with Crippen LogP contribution in [-0.2, 0) is 6.54 Å². The maximum absolute atomic E-state index is 6.43. The van der Waals surface area contributed by atoms with E-state index < -0.39 is 0 Å². The lowest BCUT2D eigenvalue weighted by Gasteiger charge is -2.20. The van der Waals surface area contributed by atoms with Crippen molar-refractivity contribution in [3.8, 4) is 11.3 Å². The van der Waals surface area contributed by atoms with Crippen molar-refractivity contribution in [2.75, 3.05) is 0 Å². The first-order valence-corrected chi connectivity index (χ1v) is 8.06. The molecule has 1 aliphatic heterocycles. The molecule has 5 heteroatoms. The van der Waals surface area contributed by atoms with Gasteiger partial charge in [-0.3, -0.25) is 0 Å². The number of nitrogens with one attached hydrogen (secondary N) is 1. The van der Waals surface area contributed by atoms with Gasteiger partial charge in [0.1, 0.15) is 6.33 Å². The van der Waals surface area contributed by atoms with Crippen LogP contribution in [0.5, 0.6) is 0 Å². The highest BCUT2D eigenvalue weighted by atomic mass is 35.5. The van der Waals surface area contributed by atoms with Crippen LogP contribution < -0.4 is 5.32 Å². The lowest BCUT2D eigenvalue weighted by atomic mass is 9.93. The van der Waals surface area contributed by atoms with Crippen molar-refractivity contribution in [2.45, 2.75) is 12.6 Å². The Kier molecular flexibility index (Phi) is 3.77. The topological polar surface area (TPSA) is 37.8 Å². The Balaban J connectivity index is 1.96. The molecule has 3 nitrogen and oxygen atoms in total. The van der Waals surface area contributed by atoms with E-state index in [9.17, 15) is 0 Å². The first-order chi connectivity index (χ1) is 11.2. The monoisotopic (exact) mass is 341 g/mol. The Morgan fingerprint density at radius 3 is 2.78 bits per heavy atom. The summed E-state index contributed by atoms with van der Waals surface area (Å²) in [5.74, 6) is 0. The highest BCUT2D eigenvalue weighted by Gasteiger charge is 2.25. The minimum atomic E-state index is -0.0494. The lowest BCUT2D eigenvalue weighted by molar-refractivity contribution is 0.612. The molecule has 1 aliphatic rings.